The summed E-state index contributed by atoms with van der Waals surface area (Å²) in [5.74, 6) is 0.146. The Morgan fingerprint density at radius 2 is 2.00 bits per heavy atom. The number of piperidine rings is 1. The maximum Gasteiger partial charge on any atom is 0.257 e. The Balaban J connectivity index is 1.70. The zero-order valence-corrected chi connectivity index (χ0v) is 15.9. The summed E-state index contributed by atoms with van der Waals surface area (Å²) in [6.45, 7) is 11.7. The van der Waals surface area contributed by atoms with Gasteiger partial charge in [0.1, 0.15) is 0 Å². The molecule has 1 atom stereocenters. The van der Waals surface area contributed by atoms with Crippen molar-refractivity contribution in [3.8, 4) is 0 Å². The van der Waals surface area contributed by atoms with E-state index < -0.39 is 0 Å². The van der Waals surface area contributed by atoms with E-state index in [2.05, 4.69) is 23.8 Å². The van der Waals surface area contributed by atoms with Crippen LogP contribution in [0.5, 0.6) is 0 Å². The second-order valence-corrected chi connectivity index (χ2v) is 7.25. The van der Waals surface area contributed by atoms with Crippen molar-refractivity contribution < 1.29 is 9.53 Å². The summed E-state index contributed by atoms with van der Waals surface area (Å²) in [5.41, 5.74) is 1.78. The van der Waals surface area contributed by atoms with E-state index in [-0.39, 0.29) is 5.91 Å². The highest BCUT2D eigenvalue weighted by Crippen LogP contribution is 2.23. The maximum atomic E-state index is 13.1. The molecule has 2 aliphatic rings. The van der Waals surface area contributed by atoms with E-state index in [1.54, 1.807) is 6.20 Å². The Morgan fingerprint density at radius 1 is 1.28 bits per heavy atom. The molecule has 3 rings (SSSR count). The van der Waals surface area contributed by atoms with Crippen LogP contribution in [0.4, 0.5) is 0 Å². The van der Waals surface area contributed by atoms with Crippen molar-refractivity contribution in [1.29, 1.82) is 0 Å². The van der Waals surface area contributed by atoms with Gasteiger partial charge in [-0.05, 0) is 32.6 Å². The summed E-state index contributed by atoms with van der Waals surface area (Å²) in [6.07, 6.45) is 6.10. The summed E-state index contributed by atoms with van der Waals surface area (Å²) < 4.78 is 7.50. The van der Waals surface area contributed by atoms with Crippen molar-refractivity contribution in [2.45, 2.75) is 58.5 Å². The number of amides is 1. The molecule has 0 radical (unpaired) electrons. The largest absolute Gasteiger partial charge is 0.379 e. The molecule has 1 aromatic rings. The molecule has 0 bridgehead atoms. The van der Waals surface area contributed by atoms with Gasteiger partial charge in [-0.25, -0.2) is 0 Å². The van der Waals surface area contributed by atoms with Crippen molar-refractivity contribution in [3.63, 3.8) is 0 Å². The molecular formula is C19H32N4O2. The van der Waals surface area contributed by atoms with Crippen LogP contribution >= 0.6 is 0 Å². The van der Waals surface area contributed by atoms with Crippen LogP contribution in [0.1, 0.15) is 61.6 Å². The van der Waals surface area contributed by atoms with Gasteiger partial charge in [0.2, 0.25) is 0 Å². The first-order valence-electron chi connectivity index (χ1n) is 9.80. The first kappa shape index (κ1) is 18.4. The Bertz CT molecular complexity index is 576. The van der Waals surface area contributed by atoms with E-state index in [0.29, 0.717) is 12.1 Å². The molecule has 2 saturated heterocycles. The number of hydrogen-bond donors (Lipinski definition) is 0. The quantitative estimate of drug-likeness (QED) is 0.820. The lowest BCUT2D eigenvalue weighted by Gasteiger charge is -2.40. The molecule has 0 N–H and O–H groups in total. The maximum absolute atomic E-state index is 13.1. The fourth-order valence-corrected chi connectivity index (χ4v) is 4.19. The van der Waals surface area contributed by atoms with Gasteiger partial charge in [-0.3, -0.25) is 14.4 Å². The lowest BCUT2D eigenvalue weighted by atomic mass is 10.0. The number of ether oxygens (including phenoxy) is 1. The number of hydrogen-bond acceptors (Lipinski definition) is 4. The third kappa shape index (κ3) is 3.90. The lowest BCUT2D eigenvalue weighted by molar-refractivity contribution is -0.00122. The van der Waals surface area contributed by atoms with Crippen LogP contribution in [0.3, 0.4) is 0 Å². The SMILES string of the molecule is CCC(CC)n1ncc(C(=O)N2CCCC(N3CCOCC3)C2)c1C. The van der Waals surface area contributed by atoms with E-state index in [1.807, 2.05) is 16.5 Å². The van der Waals surface area contributed by atoms with Crippen molar-refractivity contribution >= 4 is 5.91 Å². The zero-order chi connectivity index (χ0) is 17.8. The Morgan fingerprint density at radius 3 is 2.68 bits per heavy atom. The second-order valence-electron chi connectivity index (χ2n) is 7.25. The fraction of sp³-hybridized carbons (Fsp3) is 0.789. The smallest absolute Gasteiger partial charge is 0.257 e. The number of carbonyl (C=O) groups is 1. The molecule has 0 spiro atoms. The van der Waals surface area contributed by atoms with Crippen molar-refractivity contribution in [2.75, 3.05) is 39.4 Å². The molecule has 2 aliphatic heterocycles. The van der Waals surface area contributed by atoms with Gasteiger partial charge < -0.3 is 9.64 Å². The average Bonchev–Trinajstić information content (AvgIpc) is 3.04. The molecule has 6 nitrogen and oxygen atoms in total. The van der Waals surface area contributed by atoms with Gasteiger partial charge in [0, 0.05) is 37.9 Å². The van der Waals surface area contributed by atoms with E-state index in [1.165, 1.54) is 6.42 Å². The zero-order valence-electron chi connectivity index (χ0n) is 15.9. The van der Waals surface area contributed by atoms with Gasteiger partial charge in [0.05, 0.1) is 31.0 Å². The molecule has 0 aliphatic carbocycles. The van der Waals surface area contributed by atoms with Crippen molar-refractivity contribution in [3.05, 3.63) is 17.5 Å². The van der Waals surface area contributed by atoms with Crippen LogP contribution in [-0.4, -0.2) is 70.9 Å². The third-order valence-corrected chi connectivity index (χ3v) is 5.81. The highest BCUT2D eigenvalue weighted by atomic mass is 16.5. The topological polar surface area (TPSA) is 50.6 Å². The molecule has 3 heterocycles. The average molecular weight is 348 g/mol. The van der Waals surface area contributed by atoms with Crippen LogP contribution in [0.25, 0.3) is 0 Å². The first-order chi connectivity index (χ1) is 12.2. The summed E-state index contributed by atoms with van der Waals surface area (Å²) >= 11 is 0. The van der Waals surface area contributed by atoms with Crippen LogP contribution < -0.4 is 0 Å². The van der Waals surface area contributed by atoms with E-state index in [9.17, 15) is 4.79 Å². The van der Waals surface area contributed by atoms with Crippen LogP contribution in [0.15, 0.2) is 6.20 Å². The Labute approximate surface area is 151 Å². The number of morpholine rings is 1. The predicted molar refractivity (Wildman–Crippen MR) is 97.9 cm³/mol. The molecule has 1 amide bonds. The summed E-state index contributed by atoms with van der Waals surface area (Å²) in [6, 6.07) is 0.847. The minimum Gasteiger partial charge on any atom is -0.379 e. The summed E-state index contributed by atoms with van der Waals surface area (Å²) in [4.78, 5) is 17.6. The molecule has 2 fully saturated rings. The minimum atomic E-state index is 0.146. The predicted octanol–water partition coefficient (Wildman–Crippen LogP) is 2.49. The van der Waals surface area contributed by atoms with Crippen LogP contribution in [0.2, 0.25) is 0 Å². The first-order valence-corrected chi connectivity index (χ1v) is 9.80. The van der Waals surface area contributed by atoms with Gasteiger partial charge in [-0.15, -0.1) is 0 Å². The van der Waals surface area contributed by atoms with Crippen LogP contribution in [0, 0.1) is 6.92 Å². The molecular weight excluding hydrogens is 316 g/mol. The van der Waals surface area contributed by atoms with Gasteiger partial charge in [0.25, 0.3) is 5.91 Å². The molecule has 1 aromatic heterocycles. The fourth-order valence-electron chi connectivity index (χ4n) is 4.19. The van der Waals surface area contributed by atoms with Crippen molar-refractivity contribution in [1.82, 2.24) is 19.6 Å². The number of rotatable bonds is 5. The Hall–Kier alpha value is -1.40. The Kier molecular flexibility index (Phi) is 6.12. The van der Waals surface area contributed by atoms with Gasteiger partial charge in [-0.2, -0.15) is 5.10 Å². The molecule has 25 heavy (non-hydrogen) atoms. The monoisotopic (exact) mass is 348 g/mol. The molecule has 6 heteroatoms. The van der Waals surface area contributed by atoms with E-state index >= 15 is 0 Å². The highest BCUT2D eigenvalue weighted by molar-refractivity contribution is 5.95. The van der Waals surface area contributed by atoms with Gasteiger partial charge in [0.15, 0.2) is 0 Å². The molecule has 0 aromatic carbocycles. The number of carbonyl (C=O) groups excluding carboxylic acids is 1. The normalized spacial score (nSPS) is 22.6. The van der Waals surface area contributed by atoms with Crippen LogP contribution in [-0.2, 0) is 4.74 Å². The molecule has 0 saturated carbocycles. The van der Waals surface area contributed by atoms with Gasteiger partial charge in [-0.1, -0.05) is 13.8 Å². The van der Waals surface area contributed by atoms with Gasteiger partial charge >= 0.3 is 0 Å². The van der Waals surface area contributed by atoms with Crippen molar-refractivity contribution in [2.24, 2.45) is 0 Å². The molecule has 1 unspecified atom stereocenters. The molecule has 140 valence electrons. The lowest BCUT2D eigenvalue weighted by Crippen LogP contribution is -2.52. The summed E-state index contributed by atoms with van der Waals surface area (Å²) in [7, 11) is 0. The van der Waals surface area contributed by atoms with E-state index in [0.717, 1.165) is 69.9 Å². The number of aromatic nitrogens is 2. The third-order valence-electron chi connectivity index (χ3n) is 5.81. The standard InChI is InChI=1S/C19H32N4O2/c1-4-16(5-2)23-15(3)18(13-20-23)19(24)22-8-6-7-17(14-22)21-9-11-25-12-10-21/h13,16-17H,4-12,14H2,1-3H3. The number of likely N-dealkylation sites (tertiary alicyclic amines) is 1. The summed E-state index contributed by atoms with van der Waals surface area (Å²) in [5, 5.41) is 4.52. The number of nitrogens with zero attached hydrogens (tertiary/aromatic N) is 4. The minimum absolute atomic E-state index is 0.146. The second kappa shape index (κ2) is 8.32. The van der Waals surface area contributed by atoms with E-state index in [4.69, 9.17) is 4.74 Å². The highest BCUT2D eigenvalue weighted by Gasteiger charge is 2.30.